The van der Waals surface area contributed by atoms with E-state index in [9.17, 15) is 14.7 Å². The monoisotopic (exact) mass is 242 g/mol. The van der Waals surface area contributed by atoms with Gasteiger partial charge in [-0.3, -0.25) is 4.79 Å². The van der Waals surface area contributed by atoms with Gasteiger partial charge in [0.05, 0.1) is 6.04 Å². The first-order valence-electron chi connectivity index (χ1n) is 6.20. The van der Waals surface area contributed by atoms with Gasteiger partial charge in [0.15, 0.2) is 0 Å². The number of aliphatic carboxylic acids is 1. The molecule has 1 amide bonds. The number of hydrogen-bond acceptors (Lipinski definition) is 3. The first-order chi connectivity index (χ1) is 7.89. The van der Waals surface area contributed by atoms with Crippen molar-refractivity contribution in [1.82, 2.24) is 5.32 Å². The molecule has 1 saturated carbocycles. The van der Waals surface area contributed by atoms with E-state index in [1.165, 1.54) is 0 Å². The lowest BCUT2D eigenvalue weighted by Crippen LogP contribution is -2.59. The highest BCUT2D eigenvalue weighted by Gasteiger charge is 2.41. The Labute approximate surface area is 102 Å². The zero-order valence-corrected chi connectivity index (χ0v) is 10.5. The third kappa shape index (κ3) is 3.19. The van der Waals surface area contributed by atoms with Gasteiger partial charge >= 0.3 is 5.97 Å². The van der Waals surface area contributed by atoms with Crippen molar-refractivity contribution in [2.24, 2.45) is 11.7 Å². The second-order valence-electron chi connectivity index (χ2n) is 5.21. The Morgan fingerprint density at radius 3 is 2.18 bits per heavy atom. The van der Waals surface area contributed by atoms with Gasteiger partial charge in [0, 0.05) is 0 Å². The molecule has 1 unspecified atom stereocenters. The lowest BCUT2D eigenvalue weighted by atomic mass is 9.81. The average molecular weight is 242 g/mol. The molecule has 1 rings (SSSR count). The molecule has 98 valence electrons. The summed E-state index contributed by atoms with van der Waals surface area (Å²) < 4.78 is 0. The molecule has 5 heteroatoms. The van der Waals surface area contributed by atoms with E-state index in [4.69, 9.17) is 5.73 Å². The van der Waals surface area contributed by atoms with Crippen LogP contribution in [0.3, 0.4) is 0 Å². The standard InChI is InChI=1S/C12H22N2O3/c1-8(2)9(13)10(15)14-12(11(16)17)6-4-3-5-7-12/h8-9H,3-7,13H2,1-2H3,(H,14,15)(H,16,17). The molecule has 0 bridgehead atoms. The van der Waals surface area contributed by atoms with Crippen molar-refractivity contribution in [3.05, 3.63) is 0 Å². The molecule has 1 aliphatic rings. The smallest absolute Gasteiger partial charge is 0.329 e. The Morgan fingerprint density at radius 1 is 1.24 bits per heavy atom. The summed E-state index contributed by atoms with van der Waals surface area (Å²) >= 11 is 0. The van der Waals surface area contributed by atoms with Crippen molar-refractivity contribution in [2.45, 2.75) is 57.5 Å². The largest absolute Gasteiger partial charge is 0.480 e. The number of carbonyl (C=O) groups is 2. The van der Waals surface area contributed by atoms with Gasteiger partial charge in [0.2, 0.25) is 5.91 Å². The molecular formula is C12H22N2O3. The van der Waals surface area contributed by atoms with E-state index in [-0.39, 0.29) is 11.8 Å². The number of carboxylic acids is 1. The van der Waals surface area contributed by atoms with Gasteiger partial charge in [-0.25, -0.2) is 4.79 Å². The molecule has 1 aliphatic carbocycles. The van der Waals surface area contributed by atoms with Crippen molar-refractivity contribution >= 4 is 11.9 Å². The predicted octanol–water partition coefficient (Wildman–Crippen LogP) is 0.873. The van der Waals surface area contributed by atoms with Crippen molar-refractivity contribution in [2.75, 3.05) is 0 Å². The summed E-state index contributed by atoms with van der Waals surface area (Å²) in [6.45, 7) is 3.69. The molecule has 0 aromatic heterocycles. The van der Waals surface area contributed by atoms with Gasteiger partial charge in [-0.2, -0.15) is 0 Å². The number of carboxylic acid groups (broad SMARTS) is 1. The number of carbonyl (C=O) groups excluding carboxylic acids is 1. The second-order valence-corrected chi connectivity index (χ2v) is 5.21. The van der Waals surface area contributed by atoms with Gasteiger partial charge in [0.25, 0.3) is 0 Å². The molecule has 0 saturated heterocycles. The van der Waals surface area contributed by atoms with Gasteiger partial charge in [-0.1, -0.05) is 33.1 Å². The van der Waals surface area contributed by atoms with E-state index >= 15 is 0 Å². The second kappa shape index (κ2) is 5.49. The third-order valence-electron chi connectivity index (χ3n) is 3.50. The average Bonchev–Trinajstić information content (AvgIpc) is 2.28. The zero-order chi connectivity index (χ0) is 13.1. The van der Waals surface area contributed by atoms with Crippen LogP contribution < -0.4 is 11.1 Å². The summed E-state index contributed by atoms with van der Waals surface area (Å²) in [5.41, 5.74) is 4.64. The first kappa shape index (κ1) is 14.0. The minimum absolute atomic E-state index is 0.00411. The molecule has 1 fully saturated rings. The van der Waals surface area contributed by atoms with Gasteiger partial charge < -0.3 is 16.2 Å². The van der Waals surface area contributed by atoms with E-state index in [1.807, 2.05) is 13.8 Å². The minimum atomic E-state index is -1.10. The summed E-state index contributed by atoms with van der Waals surface area (Å²) in [5, 5.41) is 12.0. The molecule has 0 aromatic carbocycles. The Balaban J connectivity index is 2.73. The highest BCUT2D eigenvalue weighted by atomic mass is 16.4. The number of nitrogens with one attached hydrogen (secondary N) is 1. The van der Waals surface area contributed by atoms with E-state index in [1.54, 1.807) is 0 Å². The summed E-state index contributed by atoms with van der Waals surface area (Å²) in [7, 11) is 0. The third-order valence-corrected chi connectivity index (χ3v) is 3.50. The molecule has 0 heterocycles. The normalized spacial score (nSPS) is 20.9. The van der Waals surface area contributed by atoms with Crippen LogP contribution in [0.5, 0.6) is 0 Å². The van der Waals surface area contributed by atoms with Crippen LogP contribution in [0.15, 0.2) is 0 Å². The van der Waals surface area contributed by atoms with Crippen LogP contribution in [0, 0.1) is 5.92 Å². The van der Waals surface area contributed by atoms with Crippen molar-refractivity contribution in [3.8, 4) is 0 Å². The quantitative estimate of drug-likeness (QED) is 0.682. The fraction of sp³-hybridized carbons (Fsp3) is 0.833. The Hall–Kier alpha value is -1.10. The molecule has 0 aromatic rings. The van der Waals surface area contributed by atoms with E-state index in [0.29, 0.717) is 12.8 Å². The number of hydrogen-bond donors (Lipinski definition) is 3. The summed E-state index contributed by atoms with van der Waals surface area (Å²) in [4.78, 5) is 23.2. The van der Waals surface area contributed by atoms with Gasteiger partial charge in [-0.05, 0) is 18.8 Å². The molecule has 4 N–H and O–H groups in total. The molecular weight excluding hydrogens is 220 g/mol. The minimum Gasteiger partial charge on any atom is -0.480 e. The van der Waals surface area contributed by atoms with Crippen LogP contribution in [0.1, 0.15) is 46.0 Å². The van der Waals surface area contributed by atoms with Crippen molar-refractivity contribution in [3.63, 3.8) is 0 Å². The Bertz CT molecular complexity index is 296. The lowest BCUT2D eigenvalue weighted by molar-refractivity contribution is -0.149. The van der Waals surface area contributed by atoms with E-state index in [2.05, 4.69) is 5.32 Å². The topological polar surface area (TPSA) is 92.4 Å². The molecule has 1 atom stereocenters. The van der Waals surface area contributed by atoms with Gasteiger partial charge in [-0.15, -0.1) is 0 Å². The molecule has 0 aliphatic heterocycles. The van der Waals surface area contributed by atoms with Crippen molar-refractivity contribution < 1.29 is 14.7 Å². The number of rotatable bonds is 4. The summed E-state index contributed by atoms with van der Waals surface area (Å²) in [6.07, 6.45) is 3.70. The fourth-order valence-corrected chi connectivity index (χ4v) is 2.17. The maximum Gasteiger partial charge on any atom is 0.329 e. The summed E-state index contributed by atoms with van der Waals surface area (Å²) in [6, 6.07) is -0.645. The fourth-order valence-electron chi connectivity index (χ4n) is 2.17. The number of amides is 1. The lowest BCUT2D eigenvalue weighted by Gasteiger charge is -2.35. The van der Waals surface area contributed by atoms with Crippen LogP contribution in [0.2, 0.25) is 0 Å². The van der Waals surface area contributed by atoms with Crippen LogP contribution >= 0.6 is 0 Å². The first-order valence-corrected chi connectivity index (χ1v) is 6.20. The Kier molecular flexibility index (Phi) is 4.51. The van der Waals surface area contributed by atoms with Crippen molar-refractivity contribution in [1.29, 1.82) is 0 Å². The maximum absolute atomic E-state index is 11.9. The Morgan fingerprint density at radius 2 is 1.76 bits per heavy atom. The molecule has 0 radical (unpaired) electrons. The highest BCUT2D eigenvalue weighted by molar-refractivity contribution is 5.89. The molecule has 5 nitrogen and oxygen atoms in total. The predicted molar refractivity (Wildman–Crippen MR) is 64.4 cm³/mol. The van der Waals surface area contributed by atoms with Crippen LogP contribution in [-0.2, 0) is 9.59 Å². The maximum atomic E-state index is 11.9. The van der Waals surface area contributed by atoms with Crippen LogP contribution in [0.25, 0.3) is 0 Å². The van der Waals surface area contributed by atoms with Crippen LogP contribution in [-0.4, -0.2) is 28.6 Å². The SMILES string of the molecule is CC(C)C(N)C(=O)NC1(C(=O)O)CCCCC1. The van der Waals surface area contributed by atoms with E-state index in [0.717, 1.165) is 19.3 Å². The van der Waals surface area contributed by atoms with E-state index < -0.39 is 17.6 Å². The molecule has 17 heavy (non-hydrogen) atoms. The summed E-state index contributed by atoms with van der Waals surface area (Å²) in [5.74, 6) is -1.30. The molecule has 0 spiro atoms. The zero-order valence-electron chi connectivity index (χ0n) is 10.5. The van der Waals surface area contributed by atoms with Gasteiger partial charge in [0.1, 0.15) is 5.54 Å². The number of nitrogens with two attached hydrogens (primary N) is 1. The highest BCUT2D eigenvalue weighted by Crippen LogP contribution is 2.28. The van der Waals surface area contributed by atoms with Crippen LogP contribution in [0.4, 0.5) is 0 Å².